The van der Waals surface area contributed by atoms with Gasteiger partial charge in [0, 0.05) is 58.2 Å². The lowest BCUT2D eigenvalue weighted by atomic mass is 9.61. The molecule has 0 aliphatic heterocycles. The highest BCUT2D eigenvalue weighted by Gasteiger charge is 2.40. The second kappa shape index (κ2) is 23.3. The highest BCUT2D eigenvalue weighted by molar-refractivity contribution is 7.79. The molecule has 0 radical (unpaired) electrons. The molecule has 0 N–H and O–H groups in total. The molecule has 0 aromatic heterocycles. The molecule has 0 saturated heterocycles. The minimum Gasteiger partial charge on any atom is -0.496 e. The summed E-state index contributed by atoms with van der Waals surface area (Å²) in [7, 11) is 8.80. The molecule has 53 heavy (non-hydrogen) atoms. The van der Waals surface area contributed by atoms with Crippen LogP contribution in [0.5, 0.6) is 5.75 Å². The van der Waals surface area contributed by atoms with Crippen LogP contribution < -0.4 is 4.74 Å². The first-order valence-corrected chi connectivity index (χ1v) is 19.9. The second-order valence-electron chi connectivity index (χ2n) is 13.7. The molecule has 0 heterocycles. The predicted molar refractivity (Wildman–Crippen MR) is 221 cm³/mol. The van der Waals surface area contributed by atoms with Gasteiger partial charge in [0.05, 0.1) is 46.8 Å². The quantitative estimate of drug-likeness (QED) is 0.109. The van der Waals surface area contributed by atoms with Gasteiger partial charge in [-0.25, -0.2) is 0 Å². The Morgan fingerprint density at radius 3 is 1.68 bits per heavy atom. The Labute approximate surface area is 326 Å². The van der Waals surface area contributed by atoms with Gasteiger partial charge in [-0.15, -0.1) is 0 Å². The molecule has 294 valence electrons. The first kappa shape index (κ1) is 44.7. The summed E-state index contributed by atoms with van der Waals surface area (Å²) in [4.78, 5) is 0. The van der Waals surface area contributed by atoms with Crippen molar-refractivity contribution in [2.75, 3.05) is 68.2 Å². The van der Waals surface area contributed by atoms with Crippen molar-refractivity contribution in [3.63, 3.8) is 0 Å². The normalized spacial score (nSPS) is 17.0. The van der Waals surface area contributed by atoms with Crippen LogP contribution in [0.2, 0.25) is 0 Å². The maximum atomic E-state index is 6.00. The molecule has 4 rings (SSSR count). The molecular formula is C45H66O7S. The molecule has 8 heteroatoms. The Kier molecular flexibility index (Phi) is 19.6. The zero-order valence-corrected chi connectivity index (χ0v) is 34.9. The van der Waals surface area contributed by atoms with Gasteiger partial charge in [-0.1, -0.05) is 36.9 Å². The third kappa shape index (κ3) is 11.2. The monoisotopic (exact) mass is 750 g/mol. The summed E-state index contributed by atoms with van der Waals surface area (Å²) >= 11 is 3.53. The van der Waals surface area contributed by atoms with Crippen molar-refractivity contribution in [2.24, 2.45) is 0 Å². The molecule has 0 amide bonds. The molecule has 1 fully saturated rings. The summed E-state index contributed by atoms with van der Waals surface area (Å²) < 4.78 is 40.5. The van der Waals surface area contributed by atoms with E-state index in [0.29, 0.717) is 58.8 Å². The number of methoxy groups -OCH3 is 5. The minimum absolute atomic E-state index is 0.238. The predicted octanol–water partition coefficient (Wildman–Crippen LogP) is 9.58. The van der Waals surface area contributed by atoms with Gasteiger partial charge in [0.25, 0.3) is 0 Å². The van der Waals surface area contributed by atoms with E-state index in [4.69, 9.17) is 33.2 Å². The lowest BCUT2D eigenvalue weighted by molar-refractivity contribution is 0.131. The van der Waals surface area contributed by atoms with Crippen LogP contribution in [0.1, 0.15) is 107 Å². The van der Waals surface area contributed by atoms with Crippen molar-refractivity contribution in [1.29, 1.82) is 0 Å². The number of thiol groups is 1. The van der Waals surface area contributed by atoms with Crippen molar-refractivity contribution < 1.29 is 33.2 Å². The van der Waals surface area contributed by atoms with Gasteiger partial charge in [0.1, 0.15) is 5.75 Å². The topological polar surface area (TPSA) is 64.6 Å². The fourth-order valence-electron chi connectivity index (χ4n) is 8.01. The van der Waals surface area contributed by atoms with E-state index in [1.807, 2.05) is 19.9 Å². The number of hydrogen-bond donors (Lipinski definition) is 1. The summed E-state index contributed by atoms with van der Waals surface area (Å²) in [5.74, 6) is 1.26. The summed E-state index contributed by atoms with van der Waals surface area (Å²) in [6.07, 6.45) is 9.42. The van der Waals surface area contributed by atoms with Gasteiger partial charge < -0.3 is 33.2 Å². The zero-order valence-electron chi connectivity index (χ0n) is 34.0. The van der Waals surface area contributed by atoms with Gasteiger partial charge in [0.15, 0.2) is 0 Å². The Bertz CT molecular complexity index is 1530. The summed E-state index contributed by atoms with van der Waals surface area (Å²) in [5, 5.41) is 0. The number of rotatable bonds is 21. The molecule has 3 aromatic rings. The minimum atomic E-state index is -0.238. The van der Waals surface area contributed by atoms with Crippen molar-refractivity contribution in [3.8, 4) is 5.75 Å². The van der Waals surface area contributed by atoms with Gasteiger partial charge in [-0.3, -0.25) is 0 Å². The first-order valence-electron chi connectivity index (χ1n) is 19.0. The van der Waals surface area contributed by atoms with E-state index in [2.05, 4.69) is 62.5 Å². The van der Waals surface area contributed by atoms with Crippen molar-refractivity contribution in [3.05, 3.63) is 104 Å². The average Bonchev–Trinajstić information content (AvgIpc) is 3.19. The van der Waals surface area contributed by atoms with Crippen LogP contribution in [0, 0.1) is 6.92 Å². The first-order chi connectivity index (χ1) is 25.8. The Morgan fingerprint density at radius 1 is 0.660 bits per heavy atom. The summed E-state index contributed by atoms with van der Waals surface area (Å²) in [6, 6.07) is 14.3. The molecule has 0 unspecified atom stereocenters. The highest BCUT2D eigenvalue weighted by atomic mass is 32.1. The summed E-state index contributed by atoms with van der Waals surface area (Å²) in [6.45, 7) is 15.2. The largest absolute Gasteiger partial charge is 0.496 e. The van der Waals surface area contributed by atoms with Crippen LogP contribution in [0.3, 0.4) is 0 Å². The SMILES string of the molecule is C=Cc1c(CCOC)cc(C2CCC(c3cc(CCOC)c(C)c(COC)c3)(c3cc(COC)c(OC)c(COCC)c3)CC2)cc1COCC.CS. The third-order valence-electron chi connectivity index (χ3n) is 10.7. The van der Waals surface area contributed by atoms with Gasteiger partial charge >= 0.3 is 0 Å². The second-order valence-corrected chi connectivity index (χ2v) is 13.7. The average molecular weight is 751 g/mol. The van der Waals surface area contributed by atoms with E-state index >= 15 is 0 Å². The Balaban J connectivity index is 0.00000372. The highest BCUT2D eigenvalue weighted by Crippen LogP contribution is 2.51. The molecule has 0 atom stereocenters. The van der Waals surface area contributed by atoms with E-state index < -0.39 is 0 Å². The van der Waals surface area contributed by atoms with Crippen LogP contribution in [0.15, 0.2) is 43.0 Å². The van der Waals surface area contributed by atoms with Crippen LogP contribution >= 0.6 is 12.6 Å². The van der Waals surface area contributed by atoms with Crippen LogP contribution in [0.4, 0.5) is 0 Å². The van der Waals surface area contributed by atoms with Crippen molar-refractivity contribution >= 4 is 18.7 Å². The van der Waals surface area contributed by atoms with Gasteiger partial charge in [0.2, 0.25) is 0 Å². The Hall–Kier alpha value is -2.69. The molecule has 1 aliphatic rings. The molecule has 1 aliphatic carbocycles. The fraction of sp³-hybridized carbons (Fsp3) is 0.556. The lowest BCUT2D eigenvalue weighted by Gasteiger charge is -2.43. The lowest BCUT2D eigenvalue weighted by Crippen LogP contribution is -2.33. The van der Waals surface area contributed by atoms with Crippen molar-refractivity contribution in [1.82, 2.24) is 0 Å². The molecule has 0 spiro atoms. The van der Waals surface area contributed by atoms with Crippen LogP contribution in [0.25, 0.3) is 6.08 Å². The number of benzene rings is 3. The number of ether oxygens (including phenoxy) is 7. The third-order valence-corrected chi connectivity index (χ3v) is 10.7. The van der Waals surface area contributed by atoms with Crippen LogP contribution in [-0.2, 0) is 73.1 Å². The smallest absolute Gasteiger partial charge is 0.129 e. The molecule has 3 aromatic carbocycles. The van der Waals surface area contributed by atoms with E-state index in [0.717, 1.165) is 55.4 Å². The maximum absolute atomic E-state index is 6.00. The van der Waals surface area contributed by atoms with Gasteiger partial charge in [-0.2, -0.15) is 12.6 Å². The van der Waals surface area contributed by atoms with Crippen molar-refractivity contribution in [2.45, 2.75) is 97.1 Å². The molecule has 0 bridgehead atoms. The molecular weight excluding hydrogens is 685 g/mol. The fourth-order valence-corrected chi connectivity index (χ4v) is 8.01. The Morgan fingerprint density at radius 2 is 1.15 bits per heavy atom. The van der Waals surface area contributed by atoms with E-state index in [9.17, 15) is 0 Å². The molecule has 1 saturated carbocycles. The van der Waals surface area contributed by atoms with Crippen LogP contribution in [-0.4, -0.2) is 68.2 Å². The van der Waals surface area contributed by atoms with E-state index in [1.54, 1.807) is 41.8 Å². The standard InChI is InChI=1S/C44H62O7.CH4S/c1-10-42-34(16-20-46-6)21-35(22-37(42)29-50-11-2)32-13-17-44(18-14-32,40-23-33(15-19-45-5)31(4)36(24-40)27-47-7)41-25-38(28-48-8)43(49-9)39(26-41)30-51-12-3;1-2/h10,21-26,32H,1,11-20,27-30H2,2-9H3;2H,1H3. The summed E-state index contributed by atoms with van der Waals surface area (Å²) in [5.41, 5.74) is 13.3. The maximum Gasteiger partial charge on any atom is 0.129 e. The van der Waals surface area contributed by atoms with Gasteiger partial charge in [-0.05, 0) is 134 Å². The number of hydrogen-bond acceptors (Lipinski definition) is 8. The van der Waals surface area contributed by atoms with E-state index in [1.165, 1.54) is 50.1 Å². The zero-order chi connectivity index (χ0) is 38.8. The molecule has 7 nitrogen and oxygen atoms in total. The van der Waals surface area contributed by atoms with E-state index in [-0.39, 0.29) is 5.41 Å².